The zero-order chi connectivity index (χ0) is 14.6. The maximum Gasteiger partial charge on any atom is 0.238 e. The smallest absolute Gasteiger partial charge is 0.238 e. The molecule has 5 heteroatoms. The Balaban J connectivity index is 1.80. The third kappa shape index (κ3) is 4.58. The summed E-state index contributed by atoms with van der Waals surface area (Å²) in [6, 6.07) is 7.49. The number of amides is 1. The molecule has 2 rings (SSSR count). The summed E-state index contributed by atoms with van der Waals surface area (Å²) < 4.78 is 0.982. The van der Waals surface area contributed by atoms with E-state index in [9.17, 15) is 9.90 Å². The Morgan fingerprint density at radius 2 is 1.95 bits per heavy atom. The average molecular weight is 341 g/mol. The van der Waals surface area contributed by atoms with E-state index in [-0.39, 0.29) is 5.91 Å². The van der Waals surface area contributed by atoms with Gasteiger partial charge in [-0.2, -0.15) is 0 Å². The van der Waals surface area contributed by atoms with Crippen LogP contribution in [0.1, 0.15) is 25.7 Å². The highest BCUT2D eigenvalue weighted by Gasteiger charge is 2.32. The number of nitrogens with zero attached hydrogens (tertiary/aromatic N) is 1. The molecule has 0 radical (unpaired) electrons. The van der Waals surface area contributed by atoms with Crippen molar-refractivity contribution in [1.82, 2.24) is 4.90 Å². The number of hydrogen-bond acceptors (Lipinski definition) is 3. The number of aliphatic hydroxyl groups is 1. The summed E-state index contributed by atoms with van der Waals surface area (Å²) in [5.41, 5.74) is 0.179. The molecule has 0 aliphatic heterocycles. The molecule has 20 heavy (non-hydrogen) atoms. The molecule has 0 unspecified atom stereocenters. The van der Waals surface area contributed by atoms with Crippen LogP contribution in [0.3, 0.4) is 0 Å². The molecular formula is C15H21BrN2O2. The number of rotatable bonds is 5. The van der Waals surface area contributed by atoms with Crippen LogP contribution in [-0.2, 0) is 4.79 Å². The Morgan fingerprint density at radius 1 is 1.35 bits per heavy atom. The summed E-state index contributed by atoms with van der Waals surface area (Å²) >= 11 is 3.36. The summed E-state index contributed by atoms with van der Waals surface area (Å²) in [6.45, 7) is 0.846. The third-order valence-electron chi connectivity index (χ3n) is 3.64. The maximum atomic E-state index is 11.9. The van der Waals surface area contributed by atoms with E-state index in [4.69, 9.17) is 0 Å². The van der Waals surface area contributed by atoms with Crippen LogP contribution in [0.5, 0.6) is 0 Å². The van der Waals surface area contributed by atoms with Gasteiger partial charge in [0.05, 0.1) is 12.1 Å². The van der Waals surface area contributed by atoms with E-state index in [0.29, 0.717) is 13.1 Å². The van der Waals surface area contributed by atoms with Crippen LogP contribution in [0.15, 0.2) is 28.7 Å². The van der Waals surface area contributed by atoms with Crippen molar-refractivity contribution in [2.24, 2.45) is 0 Å². The van der Waals surface area contributed by atoms with Gasteiger partial charge < -0.3 is 10.4 Å². The van der Waals surface area contributed by atoms with Gasteiger partial charge in [0.15, 0.2) is 0 Å². The summed E-state index contributed by atoms with van der Waals surface area (Å²) in [5, 5.41) is 13.2. The van der Waals surface area contributed by atoms with Gasteiger partial charge in [-0.3, -0.25) is 9.69 Å². The number of nitrogens with one attached hydrogen (secondary N) is 1. The first-order valence-electron chi connectivity index (χ1n) is 6.93. The van der Waals surface area contributed by atoms with Crippen molar-refractivity contribution in [3.05, 3.63) is 28.7 Å². The Labute approximate surface area is 128 Å². The van der Waals surface area contributed by atoms with Gasteiger partial charge in [0.1, 0.15) is 0 Å². The largest absolute Gasteiger partial charge is 0.389 e. The lowest BCUT2D eigenvalue weighted by Gasteiger charge is -2.28. The lowest BCUT2D eigenvalue weighted by Crippen LogP contribution is -2.42. The van der Waals surface area contributed by atoms with Crippen LogP contribution in [0, 0.1) is 0 Å². The minimum absolute atomic E-state index is 0.0589. The van der Waals surface area contributed by atoms with E-state index in [1.54, 1.807) is 0 Å². The predicted molar refractivity (Wildman–Crippen MR) is 83.7 cm³/mol. The fourth-order valence-corrected chi connectivity index (χ4v) is 2.99. The Morgan fingerprint density at radius 3 is 2.55 bits per heavy atom. The molecule has 0 aromatic heterocycles. The van der Waals surface area contributed by atoms with Crippen molar-refractivity contribution in [2.45, 2.75) is 31.3 Å². The molecule has 4 nitrogen and oxygen atoms in total. The SMILES string of the molecule is CN(CC(=O)Nc1ccc(Br)cc1)CC1(O)CCCC1. The van der Waals surface area contributed by atoms with Crippen LogP contribution < -0.4 is 5.32 Å². The highest BCUT2D eigenvalue weighted by molar-refractivity contribution is 9.10. The van der Waals surface area contributed by atoms with Crippen LogP contribution >= 0.6 is 15.9 Å². The summed E-state index contributed by atoms with van der Waals surface area (Å²) in [4.78, 5) is 13.8. The molecule has 0 spiro atoms. The van der Waals surface area contributed by atoms with E-state index < -0.39 is 5.60 Å². The highest BCUT2D eigenvalue weighted by Crippen LogP contribution is 2.29. The second kappa shape index (κ2) is 6.70. The minimum Gasteiger partial charge on any atom is -0.389 e. The Kier molecular flexibility index (Phi) is 5.18. The fraction of sp³-hybridized carbons (Fsp3) is 0.533. The molecule has 1 aliphatic rings. The van der Waals surface area contributed by atoms with Crippen LogP contribution in [0.4, 0.5) is 5.69 Å². The quantitative estimate of drug-likeness (QED) is 0.866. The number of benzene rings is 1. The number of anilines is 1. The molecule has 1 aliphatic carbocycles. The van der Waals surface area contributed by atoms with Crippen LogP contribution in [0.2, 0.25) is 0 Å². The molecule has 1 amide bonds. The molecule has 1 aromatic carbocycles. The second-order valence-corrected chi connectivity index (χ2v) is 6.57. The van der Waals surface area contributed by atoms with Gasteiger partial charge >= 0.3 is 0 Å². The molecule has 0 saturated heterocycles. The lowest BCUT2D eigenvalue weighted by atomic mass is 10.0. The van der Waals surface area contributed by atoms with Crippen LogP contribution in [-0.4, -0.2) is 41.7 Å². The van der Waals surface area contributed by atoms with E-state index in [0.717, 1.165) is 35.8 Å². The lowest BCUT2D eigenvalue weighted by molar-refractivity contribution is -0.117. The molecule has 0 heterocycles. The zero-order valence-electron chi connectivity index (χ0n) is 11.7. The predicted octanol–water partition coefficient (Wildman–Crippen LogP) is 2.62. The van der Waals surface area contributed by atoms with Gasteiger partial charge in [-0.15, -0.1) is 0 Å². The van der Waals surface area contributed by atoms with E-state index in [1.807, 2.05) is 36.2 Å². The number of likely N-dealkylation sites (N-methyl/N-ethyl adjacent to an activating group) is 1. The first-order chi connectivity index (χ1) is 9.47. The second-order valence-electron chi connectivity index (χ2n) is 5.66. The Bertz CT molecular complexity index is 455. The van der Waals surface area contributed by atoms with Crippen molar-refractivity contribution in [3.8, 4) is 0 Å². The van der Waals surface area contributed by atoms with Crippen molar-refractivity contribution in [2.75, 3.05) is 25.5 Å². The van der Waals surface area contributed by atoms with Crippen molar-refractivity contribution >= 4 is 27.5 Å². The van der Waals surface area contributed by atoms with E-state index in [1.165, 1.54) is 0 Å². The standard InChI is InChI=1S/C15H21BrN2O2/c1-18(11-15(20)8-2-3-9-15)10-14(19)17-13-6-4-12(16)5-7-13/h4-7,20H,2-3,8-11H2,1H3,(H,17,19). The summed E-state index contributed by atoms with van der Waals surface area (Å²) in [6.07, 6.45) is 3.84. The number of carbonyl (C=O) groups is 1. The highest BCUT2D eigenvalue weighted by atomic mass is 79.9. The molecule has 110 valence electrons. The number of hydrogen-bond donors (Lipinski definition) is 2. The van der Waals surface area contributed by atoms with Gasteiger partial charge in [0.2, 0.25) is 5.91 Å². The molecule has 2 N–H and O–H groups in total. The average Bonchev–Trinajstić information content (AvgIpc) is 2.78. The van der Waals surface area contributed by atoms with E-state index >= 15 is 0 Å². The first kappa shape index (κ1) is 15.5. The summed E-state index contributed by atoms with van der Waals surface area (Å²) in [5.74, 6) is -0.0589. The first-order valence-corrected chi connectivity index (χ1v) is 7.72. The molecule has 1 fully saturated rings. The normalized spacial score (nSPS) is 17.4. The van der Waals surface area contributed by atoms with Crippen molar-refractivity contribution < 1.29 is 9.90 Å². The van der Waals surface area contributed by atoms with Crippen molar-refractivity contribution in [3.63, 3.8) is 0 Å². The third-order valence-corrected chi connectivity index (χ3v) is 4.17. The molecule has 0 atom stereocenters. The number of halogens is 1. The molecule has 0 bridgehead atoms. The monoisotopic (exact) mass is 340 g/mol. The van der Waals surface area contributed by atoms with Gasteiger partial charge in [0.25, 0.3) is 0 Å². The van der Waals surface area contributed by atoms with Gasteiger partial charge in [-0.1, -0.05) is 28.8 Å². The zero-order valence-corrected chi connectivity index (χ0v) is 13.3. The fourth-order valence-electron chi connectivity index (χ4n) is 2.73. The van der Waals surface area contributed by atoms with Gasteiger partial charge in [-0.25, -0.2) is 0 Å². The van der Waals surface area contributed by atoms with E-state index in [2.05, 4.69) is 21.2 Å². The van der Waals surface area contributed by atoms with Crippen molar-refractivity contribution in [1.29, 1.82) is 0 Å². The topological polar surface area (TPSA) is 52.6 Å². The molecule has 1 aromatic rings. The Hall–Kier alpha value is -0.910. The minimum atomic E-state index is -0.605. The number of carbonyl (C=O) groups excluding carboxylic acids is 1. The summed E-state index contributed by atoms with van der Waals surface area (Å²) in [7, 11) is 1.87. The maximum absolute atomic E-state index is 11.9. The molecular weight excluding hydrogens is 320 g/mol. The van der Waals surface area contributed by atoms with Gasteiger partial charge in [-0.05, 0) is 44.2 Å². The van der Waals surface area contributed by atoms with Crippen LogP contribution in [0.25, 0.3) is 0 Å². The van der Waals surface area contributed by atoms with Gasteiger partial charge in [0, 0.05) is 16.7 Å². The molecule has 1 saturated carbocycles.